The molecule has 0 unspecified atom stereocenters. The summed E-state index contributed by atoms with van der Waals surface area (Å²) in [7, 11) is -2.61. The van der Waals surface area contributed by atoms with Crippen LogP contribution in [-0.2, 0) is 14.8 Å². The van der Waals surface area contributed by atoms with E-state index in [0.29, 0.717) is 5.69 Å². The van der Waals surface area contributed by atoms with Crippen LogP contribution in [0.15, 0.2) is 30.3 Å². The highest BCUT2D eigenvalue weighted by molar-refractivity contribution is 7.94. The van der Waals surface area contributed by atoms with Crippen molar-refractivity contribution in [3.8, 4) is 0 Å². The summed E-state index contributed by atoms with van der Waals surface area (Å²) in [4.78, 5) is 11.0. The Morgan fingerprint density at radius 3 is 2.12 bits per heavy atom. The predicted molar refractivity (Wildman–Crippen MR) is 65.5 cm³/mol. The van der Waals surface area contributed by atoms with Crippen LogP contribution in [0.5, 0.6) is 0 Å². The first kappa shape index (κ1) is 13.5. The molecule has 0 spiro atoms. The number of rotatable bonds is 4. The molecule has 94 valence electrons. The summed E-state index contributed by atoms with van der Waals surface area (Å²) < 4.78 is 23.4. The Morgan fingerprint density at radius 2 is 1.71 bits per heavy atom. The lowest BCUT2D eigenvalue weighted by Crippen LogP contribution is -2.48. The van der Waals surface area contributed by atoms with Crippen molar-refractivity contribution in [1.29, 1.82) is 0 Å². The minimum Gasteiger partial charge on any atom is -0.480 e. The molecule has 17 heavy (non-hydrogen) atoms. The van der Waals surface area contributed by atoms with Crippen LogP contribution in [0.25, 0.3) is 0 Å². The Bertz CT molecular complexity index is 508. The van der Waals surface area contributed by atoms with Crippen molar-refractivity contribution in [3.05, 3.63) is 30.3 Å². The van der Waals surface area contributed by atoms with Gasteiger partial charge in [0.1, 0.15) is 0 Å². The molecule has 0 saturated heterocycles. The van der Waals surface area contributed by atoms with Crippen LogP contribution in [0.2, 0.25) is 0 Å². The van der Waals surface area contributed by atoms with E-state index in [0.717, 1.165) is 4.31 Å². The predicted octanol–water partition coefficient (Wildman–Crippen LogP) is 1.32. The maximum atomic E-state index is 12.1. The fraction of sp³-hybridized carbons (Fsp3) is 0.364. The molecule has 1 N–H and O–H groups in total. The van der Waals surface area contributed by atoms with Crippen molar-refractivity contribution in [1.82, 2.24) is 0 Å². The van der Waals surface area contributed by atoms with Gasteiger partial charge in [-0.2, -0.15) is 0 Å². The number of benzene rings is 1. The van der Waals surface area contributed by atoms with E-state index in [1.165, 1.54) is 20.9 Å². The molecule has 0 heterocycles. The Balaban J connectivity index is 3.21. The number of hydrogen-bond donors (Lipinski definition) is 1. The van der Waals surface area contributed by atoms with E-state index in [1.54, 1.807) is 30.3 Å². The van der Waals surface area contributed by atoms with Crippen molar-refractivity contribution >= 4 is 21.7 Å². The molecule has 0 fully saturated rings. The Kier molecular flexibility index (Phi) is 3.47. The average Bonchev–Trinajstić information content (AvgIpc) is 2.28. The van der Waals surface area contributed by atoms with Crippen LogP contribution >= 0.6 is 0 Å². The molecule has 1 aromatic carbocycles. The Labute approximate surface area is 101 Å². The van der Waals surface area contributed by atoms with E-state index in [-0.39, 0.29) is 0 Å². The van der Waals surface area contributed by atoms with Crippen molar-refractivity contribution in [3.63, 3.8) is 0 Å². The van der Waals surface area contributed by atoms with Gasteiger partial charge in [-0.15, -0.1) is 0 Å². The quantitative estimate of drug-likeness (QED) is 0.882. The van der Waals surface area contributed by atoms with Gasteiger partial charge < -0.3 is 5.11 Å². The lowest BCUT2D eigenvalue weighted by molar-refractivity contribution is -0.139. The van der Waals surface area contributed by atoms with Gasteiger partial charge in [-0.1, -0.05) is 18.2 Å². The number of para-hydroxylation sites is 1. The van der Waals surface area contributed by atoms with Gasteiger partial charge in [0, 0.05) is 7.05 Å². The van der Waals surface area contributed by atoms with Crippen molar-refractivity contribution < 1.29 is 18.3 Å². The first-order chi connectivity index (χ1) is 7.71. The maximum Gasteiger partial charge on any atom is 0.326 e. The highest BCUT2D eigenvalue weighted by Crippen LogP contribution is 2.25. The van der Waals surface area contributed by atoms with Gasteiger partial charge in [0.05, 0.1) is 5.69 Å². The SMILES string of the molecule is CN(c1ccccc1)S(=O)(=O)C(C)(C)C(=O)O. The molecular formula is C11H15NO4S. The van der Waals surface area contributed by atoms with E-state index in [1.807, 2.05) is 0 Å². The molecule has 0 aliphatic rings. The summed E-state index contributed by atoms with van der Waals surface area (Å²) in [5.74, 6) is -1.37. The Hall–Kier alpha value is -1.56. The van der Waals surface area contributed by atoms with Gasteiger partial charge in [-0.05, 0) is 26.0 Å². The fourth-order valence-corrected chi connectivity index (χ4v) is 2.53. The number of sulfonamides is 1. The monoisotopic (exact) mass is 257 g/mol. The second kappa shape index (κ2) is 4.37. The third kappa shape index (κ3) is 2.26. The zero-order valence-corrected chi connectivity index (χ0v) is 10.7. The lowest BCUT2D eigenvalue weighted by atomic mass is 10.2. The molecule has 1 rings (SSSR count). The topological polar surface area (TPSA) is 74.7 Å². The number of aliphatic carboxylic acids is 1. The van der Waals surface area contributed by atoms with Crippen LogP contribution in [0.4, 0.5) is 5.69 Å². The van der Waals surface area contributed by atoms with Crippen molar-refractivity contribution in [2.75, 3.05) is 11.4 Å². The first-order valence-corrected chi connectivity index (χ1v) is 6.42. The Morgan fingerprint density at radius 1 is 1.24 bits per heavy atom. The molecule has 0 saturated carbocycles. The van der Waals surface area contributed by atoms with Crippen LogP contribution in [-0.4, -0.2) is 31.3 Å². The normalized spacial score (nSPS) is 12.2. The van der Waals surface area contributed by atoms with Crippen LogP contribution in [0.3, 0.4) is 0 Å². The lowest BCUT2D eigenvalue weighted by Gasteiger charge is -2.28. The number of carbonyl (C=O) groups is 1. The summed E-state index contributed by atoms with van der Waals surface area (Å²) >= 11 is 0. The van der Waals surface area contributed by atoms with Crippen LogP contribution in [0.1, 0.15) is 13.8 Å². The highest BCUT2D eigenvalue weighted by Gasteiger charge is 2.44. The second-order valence-corrected chi connectivity index (χ2v) is 6.64. The molecule has 6 heteroatoms. The van der Waals surface area contributed by atoms with Gasteiger partial charge in [0.2, 0.25) is 0 Å². The molecule has 0 aliphatic heterocycles. The van der Waals surface area contributed by atoms with Crippen molar-refractivity contribution in [2.45, 2.75) is 18.6 Å². The second-order valence-electron chi connectivity index (χ2n) is 4.12. The molecular weight excluding hydrogens is 242 g/mol. The molecule has 1 aromatic rings. The van der Waals surface area contributed by atoms with E-state index in [2.05, 4.69) is 0 Å². The smallest absolute Gasteiger partial charge is 0.326 e. The molecule has 5 nitrogen and oxygen atoms in total. The maximum absolute atomic E-state index is 12.1. The molecule has 0 bridgehead atoms. The third-order valence-corrected chi connectivity index (χ3v) is 5.04. The summed E-state index contributed by atoms with van der Waals surface area (Å²) in [6, 6.07) is 8.35. The number of carboxylic acid groups (broad SMARTS) is 1. The third-order valence-electron chi connectivity index (χ3n) is 2.64. The summed E-state index contributed by atoms with van der Waals surface area (Å²) in [5, 5.41) is 8.97. The standard InChI is InChI=1S/C11H15NO4S/c1-11(2,10(13)14)17(15,16)12(3)9-7-5-4-6-8-9/h4-8H,1-3H3,(H,13,14). The molecule has 0 radical (unpaired) electrons. The number of carboxylic acids is 1. The van der Waals surface area contributed by atoms with E-state index >= 15 is 0 Å². The van der Waals surface area contributed by atoms with E-state index < -0.39 is 20.7 Å². The van der Waals surface area contributed by atoms with Crippen LogP contribution < -0.4 is 4.31 Å². The first-order valence-electron chi connectivity index (χ1n) is 4.98. The van der Waals surface area contributed by atoms with Gasteiger partial charge in [0.15, 0.2) is 4.75 Å². The zero-order valence-electron chi connectivity index (χ0n) is 9.91. The van der Waals surface area contributed by atoms with Gasteiger partial charge >= 0.3 is 5.97 Å². The molecule has 0 amide bonds. The van der Waals surface area contributed by atoms with Crippen LogP contribution in [0, 0.1) is 0 Å². The average molecular weight is 257 g/mol. The highest BCUT2D eigenvalue weighted by atomic mass is 32.2. The fourth-order valence-electron chi connectivity index (χ4n) is 1.23. The number of nitrogens with zero attached hydrogens (tertiary/aromatic N) is 1. The minimum atomic E-state index is -3.96. The zero-order chi connectivity index (χ0) is 13.3. The van der Waals surface area contributed by atoms with E-state index in [4.69, 9.17) is 5.11 Å². The number of hydrogen-bond acceptors (Lipinski definition) is 3. The summed E-state index contributed by atoms with van der Waals surface area (Å²) in [6.07, 6.45) is 0. The largest absolute Gasteiger partial charge is 0.480 e. The molecule has 0 aliphatic carbocycles. The summed E-state index contributed by atoms with van der Waals surface area (Å²) in [6.45, 7) is 2.34. The van der Waals surface area contributed by atoms with Gasteiger partial charge in [0.25, 0.3) is 10.0 Å². The summed E-state index contributed by atoms with van der Waals surface area (Å²) in [5.41, 5.74) is 0.432. The molecule has 0 aromatic heterocycles. The van der Waals surface area contributed by atoms with Gasteiger partial charge in [-0.25, -0.2) is 8.42 Å². The van der Waals surface area contributed by atoms with Crippen molar-refractivity contribution in [2.24, 2.45) is 0 Å². The number of anilines is 1. The van der Waals surface area contributed by atoms with Gasteiger partial charge in [-0.3, -0.25) is 9.10 Å². The molecule has 0 atom stereocenters. The van der Waals surface area contributed by atoms with E-state index in [9.17, 15) is 13.2 Å². The minimum absolute atomic E-state index is 0.432.